The fraction of sp³-hybridized carbons (Fsp3) is 0.267. The van der Waals surface area contributed by atoms with Crippen molar-refractivity contribution in [2.24, 2.45) is 0 Å². The van der Waals surface area contributed by atoms with Gasteiger partial charge in [0.2, 0.25) is 0 Å². The molecule has 0 radical (unpaired) electrons. The summed E-state index contributed by atoms with van der Waals surface area (Å²) in [5.41, 5.74) is 1.03. The zero-order valence-corrected chi connectivity index (χ0v) is 11.7. The summed E-state index contributed by atoms with van der Waals surface area (Å²) in [6, 6.07) is 3.13. The third-order valence-electron chi connectivity index (χ3n) is 3.30. The smallest absolute Gasteiger partial charge is 0.165 e. The molecule has 6 heteroatoms. The molecule has 0 saturated heterocycles. The fourth-order valence-corrected chi connectivity index (χ4v) is 2.02. The molecule has 21 heavy (non-hydrogen) atoms. The van der Waals surface area contributed by atoms with Crippen molar-refractivity contribution in [1.82, 2.24) is 10.3 Å². The van der Waals surface area contributed by atoms with Crippen LogP contribution >= 0.6 is 0 Å². The van der Waals surface area contributed by atoms with Gasteiger partial charge in [-0.25, -0.2) is 8.78 Å². The maximum absolute atomic E-state index is 13.8. The Hall–Kier alpha value is -2.21. The Morgan fingerprint density at radius 1 is 1.24 bits per heavy atom. The Morgan fingerprint density at radius 2 is 1.95 bits per heavy atom. The highest BCUT2D eigenvalue weighted by Gasteiger charge is 2.15. The standard InChI is InChI=1S/C15H16F2N2O2/c1-8(11-5-12(16)14(21)6-13(11)20)19-7-10-3-4-18-9(2)15(10)17/h3-6,8,19-21H,7H2,1-2H3. The summed E-state index contributed by atoms with van der Waals surface area (Å²) in [4.78, 5) is 3.84. The summed E-state index contributed by atoms with van der Waals surface area (Å²) in [5, 5.41) is 21.9. The Labute approximate surface area is 121 Å². The SMILES string of the molecule is Cc1nccc(CNC(C)c2cc(F)c(O)cc2O)c1F. The Balaban J connectivity index is 2.13. The normalized spacial score (nSPS) is 12.4. The van der Waals surface area contributed by atoms with Crippen LogP contribution in [0.25, 0.3) is 0 Å². The van der Waals surface area contributed by atoms with E-state index in [0.29, 0.717) is 11.3 Å². The van der Waals surface area contributed by atoms with Crippen LogP contribution in [0.1, 0.15) is 29.8 Å². The number of nitrogens with zero attached hydrogens (tertiary/aromatic N) is 1. The topological polar surface area (TPSA) is 65.4 Å². The number of phenolic OH excluding ortho intramolecular Hbond substituents is 2. The van der Waals surface area contributed by atoms with Crippen molar-refractivity contribution in [3.63, 3.8) is 0 Å². The van der Waals surface area contributed by atoms with Crippen molar-refractivity contribution in [2.75, 3.05) is 0 Å². The van der Waals surface area contributed by atoms with Crippen molar-refractivity contribution < 1.29 is 19.0 Å². The van der Waals surface area contributed by atoms with E-state index < -0.39 is 23.4 Å². The predicted molar refractivity (Wildman–Crippen MR) is 73.9 cm³/mol. The molecule has 1 aromatic carbocycles. The molecule has 1 aromatic heterocycles. The van der Waals surface area contributed by atoms with Gasteiger partial charge in [-0.2, -0.15) is 0 Å². The molecular formula is C15H16F2N2O2. The number of hydrogen-bond acceptors (Lipinski definition) is 4. The van der Waals surface area contributed by atoms with Gasteiger partial charge in [-0.05, 0) is 26.0 Å². The zero-order chi connectivity index (χ0) is 15.6. The molecule has 1 heterocycles. The minimum Gasteiger partial charge on any atom is -0.507 e. The van der Waals surface area contributed by atoms with Crippen LogP contribution in [0.4, 0.5) is 8.78 Å². The molecule has 0 aliphatic rings. The zero-order valence-electron chi connectivity index (χ0n) is 11.7. The van der Waals surface area contributed by atoms with Crippen molar-refractivity contribution in [1.29, 1.82) is 0 Å². The van der Waals surface area contributed by atoms with Crippen LogP contribution in [-0.4, -0.2) is 15.2 Å². The van der Waals surface area contributed by atoms with Crippen LogP contribution in [0, 0.1) is 18.6 Å². The van der Waals surface area contributed by atoms with Crippen molar-refractivity contribution in [2.45, 2.75) is 26.4 Å². The quantitative estimate of drug-likeness (QED) is 0.811. The van der Waals surface area contributed by atoms with E-state index in [0.717, 1.165) is 12.1 Å². The number of pyridine rings is 1. The lowest BCUT2D eigenvalue weighted by Crippen LogP contribution is -2.19. The number of aryl methyl sites for hydroxylation is 1. The van der Waals surface area contributed by atoms with Gasteiger partial charge in [0.1, 0.15) is 11.6 Å². The second-order valence-corrected chi connectivity index (χ2v) is 4.83. The summed E-state index contributed by atoms with van der Waals surface area (Å²) in [6.45, 7) is 3.49. The summed E-state index contributed by atoms with van der Waals surface area (Å²) in [7, 11) is 0. The largest absolute Gasteiger partial charge is 0.507 e. The first-order chi connectivity index (χ1) is 9.90. The number of benzene rings is 1. The average Bonchev–Trinajstić information content (AvgIpc) is 2.44. The molecule has 1 unspecified atom stereocenters. The molecule has 0 aliphatic heterocycles. The molecule has 2 rings (SSSR count). The number of aromatic nitrogens is 1. The second-order valence-electron chi connectivity index (χ2n) is 4.83. The van der Waals surface area contributed by atoms with Gasteiger partial charge in [0, 0.05) is 36.0 Å². The number of rotatable bonds is 4. The first-order valence-electron chi connectivity index (χ1n) is 6.45. The number of aromatic hydroxyl groups is 2. The third kappa shape index (κ3) is 3.28. The lowest BCUT2D eigenvalue weighted by Gasteiger charge is -2.16. The first kappa shape index (κ1) is 15.2. The van der Waals surface area contributed by atoms with Crippen LogP contribution in [0.2, 0.25) is 0 Å². The minimum atomic E-state index is -0.817. The average molecular weight is 294 g/mol. The van der Waals surface area contributed by atoms with Crippen LogP contribution in [0.5, 0.6) is 11.5 Å². The first-order valence-corrected chi connectivity index (χ1v) is 6.45. The number of phenols is 2. The van der Waals surface area contributed by atoms with Crippen molar-refractivity contribution in [3.05, 3.63) is 52.9 Å². The number of hydrogen-bond donors (Lipinski definition) is 3. The maximum Gasteiger partial charge on any atom is 0.165 e. The van der Waals surface area contributed by atoms with Gasteiger partial charge in [0.05, 0.1) is 5.69 Å². The van der Waals surface area contributed by atoms with Crippen molar-refractivity contribution >= 4 is 0 Å². The molecule has 0 fully saturated rings. The van der Waals surface area contributed by atoms with Crippen molar-refractivity contribution in [3.8, 4) is 11.5 Å². The molecule has 0 spiro atoms. The van der Waals surface area contributed by atoms with E-state index in [1.807, 2.05) is 0 Å². The molecule has 0 amide bonds. The molecule has 3 N–H and O–H groups in total. The van der Waals surface area contributed by atoms with E-state index in [4.69, 9.17) is 5.11 Å². The van der Waals surface area contributed by atoms with E-state index in [1.165, 1.54) is 6.20 Å². The molecule has 0 bridgehead atoms. The van der Waals surface area contributed by atoms with Gasteiger partial charge in [-0.15, -0.1) is 0 Å². The summed E-state index contributed by atoms with van der Waals surface area (Å²) in [5.74, 6) is -2.04. The lowest BCUT2D eigenvalue weighted by atomic mass is 10.1. The Bertz CT molecular complexity index is 662. The van der Waals surface area contributed by atoms with E-state index in [2.05, 4.69) is 10.3 Å². The second kappa shape index (κ2) is 6.05. The Morgan fingerprint density at radius 3 is 2.67 bits per heavy atom. The van der Waals surface area contributed by atoms with Gasteiger partial charge in [-0.3, -0.25) is 4.98 Å². The number of halogens is 2. The summed E-state index contributed by atoms with van der Waals surface area (Å²) < 4.78 is 27.1. The highest BCUT2D eigenvalue weighted by atomic mass is 19.1. The van der Waals surface area contributed by atoms with E-state index in [-0.39, 0.29) is 17.9 Å². The number of nitrogens with one attached hydrogen (secondary N) is 1. The minimum absolute atomic E-state index is 0.207. The van der Waals surface area contributed by atoms with Gasteiger partial charge in [0.15, 0.2) is 11.6 Å². The molecule has 112 valence electrons. The van der Waals surface area contributed by atoms with E-state index >= 15 is 0 Å². The maximum atomic E-state index is 13.8. The fourth-order valence-electron chi connectivity index (χ4n) is 2.02. The molecule has 4 nitrogen and oxygen atoms in total. The summed E-state index contributed by atoms with van der Waals surface area (Å²) in [6.07, 6.45) is 1.51. The van der Waals surface area contributed by atoms with Gasteiger partial charge >= 0.3 is 0 Å². The van der Waals surface area contributed by atoms with E-state index in [9.17, 15) is 13.9 Å². The highest BCUT2D eigenvalue weighted by Crippen LogP contribution is 2.30. The van der Waals surface area contributed by atoms with E-state index in [1.54, 1.807) is 19.9 Å². The molecule has 1 atom stereocenters. The highest BCUT2D eigenvalue weighted by molar-refractivity contribution is 5.41. The predicted octanol–water partition coefficient (Wildman–Crippen LogP) is 2.93. The van der Waals surface area contributed by atoms with Crippen LogP contribution in [0.3, 0.4) is 0 Å². The molecule has 2 aromatic rings. The van der Waals surface area contributed by atoms with Crippen LogP contribution in [-0.2, 0) is 6.54 Å². The Kier molecular flexibility index (Phi) is 4.37. The lowest BCUT2D eigenvalue weighted by molar-refractivity contribution is 0.409. The van der Waals surface area contributed by atoms with Crippen LogP contribution < -0.4 is 5.32 Å². The summed E-state index contributed by atoms with van der Waals surface area (Å²) >= 11 is 0. The van der Waals surface area contributed by atoms with Crippen LogP contribution in [0.15, 0.2) is 24.4 Å². The van der Waals surface area contributed by atoms with Gasteiger partial charge in [-0.1, -0.05) is 0 Å². The molecular weight excluding hydrogens is 278 g/mol. The molecule has 0 aliphatic carbocycles. The van der Waals surface area contributed by atoms with Gasteiger partial charge in [0.25, 0.3) is 0 Å². The third-order valence-corrected chi connectivity index (χ3v) is 3.30. The monoisotopic (exact) mass is 294 g/mol. The van der Waals surface area contributed by atoms with Gasteiger partial charge < -0.3 is 15.5 Å². The molecule has 0 saturated carbocycles.